The number of para-hydroxylation sites is 1. The minimum Gasteiger partial charge on any atom is -0.493 e. The van der Waals surface area contributed by atoms with Crippen LogP contribution in [0.15, 0.2) is 54.7 Å². The second-order valence-corrected chi connectivity index (χ2v) is 6.74. The lowest BCUT2D eigenvalue weighted by Crippen LogP contribution is -2.36. The third-order valence-corrected chi connectivity index (χ3v) is 4.82. The van der Waals surface area contributed by atoms with Gasteiger partial charge in [-0.1, -0.05) is 18.2 Å². The van der Waals surface area contributed by atoms with Crippen LogP contribution in [-0.4, -0.2) is 28.5 Å². The molecular formula is C20H19N3O4. The van der Waals surface area contributed by atoms with Crippen molar-refractivity contribution < 1.29 is 14.5 Å². The molecule has 1 aliphatic rings. The van der Waals surface area contributed by atoms with Crippen LogP contribution in [0.25, 0.3) is 10.9 Å². The zero-order valence-corrected chi connectivity index (χ0v) is 14.6. The molecule has 0 fully saturated rings. The van der Waals surface area contributed by atoms with Crippen molar-refractivity contribution in [2.75, 3.05) is 13.2 Å². The van der Waals surface area contributed by atoms with Crippen LogP contribution in [0.3, 0.4) is 0 Å². The summed E-state index contributed by atoms with van der Waals surface area (Å²) in [6, 6.07) is 14.4. The van der Waals surface area contributed by atoms with Crippen LogP contribution >= 0.6 is 0 Å². The molecule has 0 saturated heterocycles. The van der Waals surface area contributed by atoms with Gasteiger partial charge in [-0.05, 0) is 30.2 Å². The van der Waals surface area contributed by atoms with Crippen LogP contribution < -0.4 is 10.1 Å². The molecule has 7 heteroatoms. The number of carbonyl (C=O) groups excluding carboxylic acids is 1. The number of ether oxygens (including phenoxy) is 1. The molecule has 2 heterocycles. The standard InChI is InChI=1S/C20H19N3O4/c24-20(21-11-14-9-16-3-1-2-4-19(16)27-13-14)12-22-8-7-15-10-17(23(25)26)5-6-18(15)22/h1-8,10,14H,9,11-13H2,(H,21,24)/t14-/m1/s1. The number of fused-ring (bicyclic) bond motifs is 2. The van der Waals surface area contributed by atoms with E-state index in [1.165, 1.54) is 17.7 Å². The predicted octanol–water partition coefficient (Wildman–Crippen LogP) is 2.92. The molecule has 0 aliphatic carbocycles. The second kappa shape index (κ2) is 7.11. The molecule has 1 aromatic heterocycles. The number of nitrogens with one attached hydrogen (secondary N) is 1. The molecular weight excluding hydrogens is 346 g/mol. The highest BCUT2D eigenvalue weighted by molar-refractivity contribution is 5.85. The molecule has 1 N–H and O–H groups in total. The molecule has 0 saturated carbocycles. The summed E-state index contributed by atoms with van der Waals surface area (Å²) in [6.07, 6.45) is 2.65. The summed E-state index contributed by atoms with van der Waals surface area (Å²) in [5, 5.41) is 14.6. The van der Waals surface area contributed by atoms with Crippen molar-refractivity contribution in [3.05, 3.63) is 70.4 Å². The van der Waals surface area contributed by atoms with E-state index in [1.54, 1.807) is 22.9 Å². The molecule has 3 aromatic rings. The summed E-state index contributed by atoms with van der Waals surface area (Å²) < 4.78 is 7.54. The molecule has 1 aliphatic heterocycles. The summed E-state index contributed by atoms with van der Waals surface area (Å²) in [5.41, 5.74) is 2.01. The fourth-order valence-corrected chi connectivity index (χ4v) is 3.43. The Morgan fingerprint density at radius 1 is 1.26 bits per heavy atom. The van der Waals surface area contributed by atoms with Crippen LogP contribution in [-0.2, 0) is 17.8 Å². The summed E-state index contributed by atoms with van der Waals surface area (Å²) in [7, 11) is 0. The van der Waals surface area contributed by atoms with E-state index in [2.05, 4.69) is 11.4 Å². The Hall–Kier alpha value is -3.35. The number of benzene rings is 2. The van der Waals surface area contributed by atoms with Crippen molar-refractivity contribution in [3.8, 4) is 5.75 Å². The first-order chi connectivity index (χ1) is 13.1. The van der Waals surface area contributed by atoms with Gasteiger partial charge >= 0.3 is 0 Å². The lowest BCUT2D eigenvalue weighted by Gasteiger charge is -2.25. The average Bonchev–Trinajstić information content (AvgIpc) is 3.08. The number of nitrogens with zero attached hydrogens (tertiary/aromatic N) is 2. The van der Waals surface area contributed by atoms with Gasteiger partial charge in [0.2, 0.25) is 5.91 Å². The molecule has 0 spiro atoms. The second-order valence-electron chi connectivity index (χ2n) is 6.74. The SMILES string of the molecule is O=C(Cn1ccc2cc([N+](=O)[O-])ccc21)NC[C@@H]1COc2ccccc2C1. The van der Waals surface area contributed by atoms with Gasteiger partial charge in [0.15, 0.2) is 0 Å². The van der Waals surface area contributed by atoms with Gasteiger partial charge in [-0.25, -0.2) is 0 Å². The van der Waals surface area contributed by atoms with Crippen molar-refractivity contribution in [2.24, 2.45) is 5.92 Å². The predicted molar refractivity (Wildman–Crippen MR) is 101 cm³/mol. The Balaban J connectivity index is 1.36. The average molecular weight is 365 g/mol. The first-order valence-corrected chi connectivity index (χ1v) is 8.81. The van der Waals surface area contributed by atoms with Gasteiger partial charge in [0.05, 0.1) is 11.5 Å². The monoisotopic (exact) mass is 365 g/mol. The Morgan fingerprint density at radius 2 is 2.11 bits per heavy atom. The van der Waals surface area contributed by atoms with Crippen LogP contribution in [0.5, 0.6) is 5.75 Å². The summed E-state index contributed by atoms with van der Waals surface area (Å²) in [6.45, 7) is 1.32. The van der Waals surface area contributed by atoms with Crippen molar-refractivity contribution in [3.63, 3.8) is 0 Å². The van der Waals surface area contributed by atoms with E-state index >= 15 is 0 Å². The Labute approximate surface area is 155 Å². The van der Waals surface area contributed by atoms with Crippen LogP contribution in [0.2, 0.25) is 0 Å². The van der Waals surface area contributed by atoms with Crippen molar-refractivity contribution in [2.45, 2.75) is 13.0 Å². The summed E-state index contributed by atoms with van der Waals surface area (Å²) in [4.78, 5) is 22.8. The summed E-state index contributed by atoms with van der Waals surface area (Å²) >= 11 is 0. The molecule has 138 valence electrons. The van der Waals surface area contributed by atoms with Gasteiger partial charge in [-0.3, -0.25) is 14.9 Å². The van der Waals surface area contributed by atoms with E-state index in [0.717, 1.165) is 23.1 Å². The zero-order valence-electron chi connectivity index (χ0n) is 14.6. The number of aromatic nitrogens is 1. The van der Waals surface area contributed by atoms with Crippen LogP contribution in [0.4, 0.5) is 5.69 Å². The third-order valence-electron chi connectivity index (χ3n) is 4.82. The number of rotatable bonds is 5. The van der Waals surface area contributed by atoms with Crippen LogP contribution in [0, 0.1) is 16.0 Å². The molecule has 27 heavy (non-hydrogen) atoms. The van der Waals surface area contributed by atoms with E-state index in [9.17, 15) is 14.9 Å². The Morgan fingerprint density at radius 3 is 2.96 bits per heavy atom. The molecule has 1 amide bonds. The van der Waals surface area contributed by atoms with E-state index in [4.69, 9.17) is 4.74 Å². The maximum Gasteiger partial charge on any atom is 0.270 e. The maximum atomic E-state index is 12.3. The molecule has 0 bridgehead atoms. The Bertz CT molecular complexity index is 1010. The number of hydrogen-bond acceptors (Lipinski definition) is 4. The van der Waals surface area contributed by atoms with Crippen molar-refractivity contribution in [1.82, 2.24) is 9.88 Å². The maximum absolute atomic E-state index is 12.3. The highest BCUT2D eigenvalue weighted by Gasteiger charge is 2.20. The van der Waals surface area contributed by atoms with Gasteiger partial charge < -0.3 is 14.6 Å². The first kappa shape index (κ1) is 17.1. The smallest absolute Gasteiger partial charge is 0.270 e. The van der Waals surface area contributed by atoms with Gasteiger partial charge in [0, 0.05) is 41.7 Å². The Kier molecular flexibility index (Phi) is 4.50. The highest BCUT2D eigenvalue weighted by Crippen LogP contribution is 2.26. The topological polar surface area (TPSA) is 86.4 Å². The largest absolute Gasteiger partial charge is 0.493 e. The van der Waals surface area contributed by atoms with Gasteiger partial charge in [0.1, 0.15) is 12.3 Å². The van der Waals surface area contributed by atoms with Crippen molar-refractivity contribution >= 4 is 22.5 Å². The fraction of sp³-hybridized carbons (Fsp3) is 0.250. The van der Waals surface area contributed by atoms with Gasteiger partial charge in [0.25, 0.3) is 5.69 Å². The fourth-order valence-electron chi connectivity index (χ4n) is 3.43. The van der Waals surface area contributed by atoms with Gasteiger partial charge in [-0.15, -0.1) is 0 Å². The number of amides is 1. The van der Waals surface area contributed by atoms with E-state index in [0.29, 0.717) is 13.2 Å². The summed E-state index contributed by atoms with van der Waals surface area (Å²) in [5.74, 6) is 1.07. The molecule has 1 atom stereocenters. The number of carbonyl (C=O) groups is 1. The van der Waals surface area contributed by atoms with Crippen LogP contribution in [0.1, 0.15) is 5.56 Å². The van der Waals surface area contributed by atoms with E-state index in [1.807, 2.05) is 18.2 Å². The lowest BCUT2D eigenvalue weighted by atomic mass is 9.97. The zero-order chi connectivity index (χ0) is 18.8. The quantitative estimate of drug-likeness (QED) is 0.556. The molecule has 7 nitrogen and oxygen atoms in total. The third kappa shape index (κ3) is 3.62. The number of non-ortho nitro benzene ring substituents is 1. The molecule has 2 aromatic carbocycles. The lowest BCUT2D eigenvalue weighted by molar-refractivity contribution is -0.384. The van der Waals surface area contributed by atoms with E-state index in [-0.39, 0.29) is 24.1 Å². The molecule has 0 unspecified atom stereocenters. The minimum absolute atomic E-state index is 0.0438. The minimum atomic E-state index is -0.423. The molecule has 0 radical (unpaired) electrons. The van der Waals surface area contributed by atoms with Gasteiger partial charge in [-0.2, -0.15) is 0 Å². The first-order valence-electron chi connectivity index (χ1n) is 8.81. The van der Waals surface area contributed by atoms with Crippen molar-refractivity contribution in [1.29, 1.82) is 0 Å². The normalized spacial score (nSPS) is 15.8. The van der Waals surface area contributed by atoms with E-state index < -0.39 is 4.92 Å². The highest BCUT2D eigenvalue weighted by atomic mass is 16.6. The molecule has 4 rings (SSSR count). The number of hydrogen-bond donors (Lipinski definition) is 1. The number of nitro groups is 1. The number of nitro benzene ring substituents is 1.